The number of ether oxygens (including phenoxy) is 4. The Labute approximate surface area is 142 Å². The molecule has 0 radical (unpaired) electrons. The highest BCUT2D eigenvalue weighted by Crippen LogP contribution is 2.48. The Hall–Kier alpha value is -2.74. The van der Waals surface area contributed by atoms with Crippen molar-refractivity contribution >= 4 is 23.5 Å². The fourth-order valence-electron chi connectivity index (χ4n) is 2.32. The van der Waals surface area contributed by atoms with E-state index in [1.807, 2.05) is 17.5 Å². The van der Waals surface area contributed by atoms with Crippen LogP contribution in [0.4, 0.5) is 0 Å². The first-order chi connectivity index (χ1) is 11.7. The summed E-state index contributed by atoms with van der Waals surface area (Å²) in [4.78, 5) is 12.4. The first-order valence-electron chi connectivity index (χ1n) is 7.13. The van der Waals surface area contributed by atoms with E-state index in [2.05, 4.69) is 10.5 Å². The zero-order valence-corrected chi connectivity index (χ0v) is 14.0. The van der Waals surface area contributed by atoms with Gasteiger partial charge in [-0.3, -0.25) is 4.79 Å². The molecule has 1 amide bonds. The number of thiophene rings is 1. The molecular formula is C16H16N2O5S. The van der Waals surface area contributed by atoms with E-state index >= 15 is 0 Å². The predicted molar refractivity (Wildman–Crippen MR) is 89.7 cm³/mol. The van der Waals surface area contributed by atoms with Crippen molar-refractivity contribution in [3.8, 4) is 23.0 Å². The molecule has 0 unspecified atom stereocenters. The molecule has 1 aliphatic rings. The molecule has 1 aromatic carbocycles. The summed E-state index contributed by atoms with van der Waals surface area (Å²) in [6.07, 6.45) is 2.02. The summed E-state index contributed by atoms with van der Waals surface area (Å²) in [5.74, 6) is 1.92. The molecule has 7 nitrogen and oxygen atoms in total. The van der Waals surface area contributed by atoms with E-state index in [4.69, 9.17) is 18.9 Å². The molecule has 2 heterocycles. The Morgan fingerprint density at radius 1 is 1.38 bits per heavy atom. The Kier molecular flexibility index (Phi) is 4.85. The number of nitrogens with zero attached hydrogens (tertiary/aromatic N) is 1. The van der Waals surface area contributed by atoms with E-state index < -0.39 is 0 Å². The standard InChI is InChI=1S/C16H16N2O5S/c1-20-13-10(8-11-14(15(13)21-2)23-9-22-11)5-6-17-18-16(19)12-4-3-7-24-12/h3-4,6-8H,5,9H2,1-2H3,(H,18,19)/b17-6-. The van der Waals surface area contributed by atoms with Gasteiger partial charge in [0.05, 0.1) is 19.1 Å². The van der Waals surface area contributed by atoms with Gasteiger partial charge in [-0.2, -0.15) is 5.10 Å². The van der Waals surface area contributed by atoms with Crippen LogP contribution in [-0.2, 0) is 6.42 Å². The van der Waals surface area contributed by atoms with E-state index in [1.54, 1.807) is 26.5 Å². The molecule has 8 heteroatoms. The van der Waals surface area contributed by atoms with Gasteiger partial charge in [-0.1, -0.05) is 6.07 Å². The van der Waals surface area contributed by atoms with Gasteiger partial charge in [-0.25, -0.2) is 5.43 Å². The highest BCUT2D eigenvalue weighted by atomic mass is 32.1. The number of hydrazone groups is 1. The van der Waals surface area contributed by atoms with Crippen molar-refractivity contribution in [1.82, 2.24) is 5.43 Å². The molecule has 0 saturated carbocycles. The summed E-state index contributed by atoms with van der Waals surface area (Å²) in [6.45, 7) is 0.142. The van der Waals surface area contributed by atoms with Gasteiger partial charge < -0.3 is 18.9 Å². The number of carbonyl (C=O) groups is 1. The van der Waals surface area contributed by atoms with Crippen LogP contribution in [-0.4, -0.2) is 33.1 Å². The zero-order valence-electron chi connectivity index (χ0n) is 13.2. The van der Waals surface area contributed by atoms with Gasteiger partial charge in [-0.05, 0) is 17.5 Å². The smallest absolute Gasteiger partial charge is 0.281 e. The normalized spacial score (nSPS) is 12.4. The van der Waals surface area contributed by atoms with Gasteiger partial charge in [-0.15, -0.1) is 11.3 Å². The number of fused-ring (bicyclic) bond motifs is 1. The van der Waals surface area contributed by atoms with Crippen molar-refractivity contribution in [2.45, 2.75) is 6.42 Å². The van der Waals surface area contributed by atoms with E-state index in [0.29, 0.717) is 34.3 Å². The minimum atomic E-state index is -0.239. The molecular weight excluding hydrogens is 332 g/mol. The molecule has 1 N–H and O–H groups in total. The van der Waals surface area contributed by atoms with Crippen molar-refractivity contribution in [2.24, 2.45) is 5.10 Å². The van der Waals surface area contributed by atoms with Crippen LogP contribution in [0.5, 0.6) is 23.0 Å². The fourth-order valence-corrected chi connectivity index (χ4v) is 2.93. The topological polar surface area (TPSA) is 78.4 Å². The Balaban J connectivity index is 1.73. The van der Waals surface area contributed by atoms with Crippen molar-refractivity contribution in [1.29, 1.82) is 0 Å². The van der Waals surface area contributed by atoms with E-state index in [0.717, 1.165) is 5.56 Å². The SMILES string of the molecule is COc1c(C/C=N\NC(=O)c2cccs2)cc2c(c1OC)OCO2. The molecule has 24 heavy (non-hydrogen) atoms. The van der Waals surface area contributed by atoms with Gasteiger partial charge in [0, 0.05) is 18.2 Å². The van der Waals surface area contributed by atoms with Gasteiger partial charge in [0.2, 0.25) is 18.3 Å². The Bertz CT molecular complexity index is 758. The number of benzene rings is 1. The molecule has 126 valence electrons. The Morgan fingerprint density at radius 3 is 2.92 bits per heavy atom. The lowest BCUT2D eigenvalue weighted by Gasteiger charge is -2.13. The number of carbonyl (C=O) groups excluding carboxylic acids is 1. The van der Waals surface area contributed by atoms with Crippen LogP contribution in [0.1, 0.15) is 15.2 Å². The fraction of sp³-hybridized carbons (Fsp3) is 0.250. The highest BCUT2D eigenvalue weighted by molar-refractivity contribution is 7.12. The van der Waals surface area contributed by atoms with Crippen LogP contribution in [0.15, 0.2) is 28.7 Å². The summed E-state index contributed by atoms with van der Waals surface area (Å²) in [7, 11) is 3.10. The zero-order chi connectivity index (χ0) is 16.9. The third-order valence-corrected chi connectivity index (χ3v) is 4.24. The van der Waals surface area contributed by atoms with Crippen LogP contribution in [0.25, 0.3) is 0 Å². The van der Waals surface area contributed by atoms with Gasteiger partial charge in [0.25, 0.3) is 5.91 Å². The quantitative estimate of drug-likeness (QED) is 0.641. The molecule has 0 bridgehead atoms. The average molecular weight is 348 g/mol. The third-order valence-electron chi connectivity index (χ3n) is 3.37. The van der Waals surface area contributed by atoms with Crippen molar-refractivity contribution in [3.63, 3.8) is 0 Å². The van der Waals surface area contributed by atoms with E-state index in [1.165, 1.54) is 11.3 Å². The van der Waals surface area contributed by atoms with E-state index in [-0.39, 0.29) is 12.7 Å². The maximum atomic E-state index is 11.8. The monoisotopic (exact) mass is 348 g/mol. The third kappa shape index (κ3) is 3.13. The number of rotatable bonds is 6. The van der Waals surface area contributed by atoms with Crippen molar-refractivity contribution < 1.29 is 23.7 Å². The second-order valence-electron chi connectivity index (χ2n) is 4.77. The highest BCUT2D eigenvalue weighted by Gasteiger charge is 2.25. The number of methoxy groups -OCH3 is 2. The molecule has 0 atom stereocenters. The molecule has 0 fully saturated rings. The lowest BCUT2D eigenvalue weighted by molar-refractivity contribution is 0.0959. The lowest BCUT2D eigenvalue weighted by atomic mass is 10.1. The van der Waals surface area contributed by atoms with Crippen LogP contribution in [0.2, 0.25) is 0 Å². The minimum absolute atomic E-state index is 0.142. The van der Waals surface area contributed by atoms with Crippen LogP contribution < -0.4 is 24.4 Å². The molecule has 0 spiro atoms. The first-order valence-corrected chi connectivity index (χ1v) is 8.01. The number of amides is 1. The number of hydrogen-bond acceptors (Lipinski definition) is 7. The maximum Gasteiger partial charge on any atom is 0.281 e. The minimum Gasteiger partial charge on any atom is -0.492 e. The number of hydrogen-bond donors (Lipinski definition) is 1. The molecule has 0 saturated heterocycles. The second kappa shape index (κ2) is 7.22. The molecule has 1 aliphatic heterocycles. The summed E-state index contributed by atoms with van der Waals surface area (Å²) < 4.78 is 21.6. The average Bonchev–Trinajstić information content (AvgIpc) is 3.28. The molecule has 3 rings (SSSR count). The van der Waals surface area contributed by atoms with Gasteiger partial charge in [0.1, 0.15) is 0 Å². The van der Waals surface area contributed by atoms with Gasteiger partial charge in [0.15, 0.2) is 11.5 Å². The second-order valence-corrected chi connectivity index (χ2v) is 5.72. The molecule has 1 aromatic heterocycles. The van der Waals surface area contributed by atoms with Crippen molar-refractivity contribution in [2.75, 3.05) is 21.0 Å². The maximum absolute atomic E-state index is 11.8. The number of nitrogens with one attached hydrogen (secondary N) is 1. The lowest BCUT2D eigenvalue weighted by Crippen LogP contribution is -2.16. The first kappa shape index (κ1) is 16.1. The largest absolute Gasteiger partial charge is 0.492 e. The van der Waals surface area contributed by atoms with Crippen LogP contribution in [0.3, 0.4) is 0 Å². The molecule has 0 aliphatic carbocycles. The summed E-state index contributed by atoms with van der Waals surface area (Å²) in [5.41, 5.74) is 3.30. The Morgan fingerprint density at radius 2 is 2.21 bits per heavy atom. The van der Waals surface area contributed by atoms with E-state index in [9.17, 15) is 4.79 Å². The van der Waals surface area contributed by atoms with Crippen LogP contribution in [0, 0.1) is 0 Å². The van der Waals surface area contributed by atoms with Gasteiger partial charge >= 0.3 is 0 Å². The summed E-state index contributed by atoms with van der Waals surface area (Å²) in [6, 6.07) is 5.37. The molecule has 2 aromatic rings. The summed E-state index contributed by atoms with van der Waals surface area (Å²) in [5, 5.41) is 5.80. The predicted octanol–water partition coefficient (Wildman–Crippen LogP) is 2.45. The van der Waals surface area contributed by atoms with Crippen LogP contribution >= 0.6 is 11.3 Å². The van der Waals surface area contributed by atoms with Crippen molar-refractivity contribution in [3.05, 3.63) is 34.0 Å². The summed E-state index contributed by atoms with van der Waals surface area (Å²) >= 11 is 1.36.